The van der Waals surface area contributed by atoms with Crippen molar-refractivity contribution in [1.29, 1.82) is 0 Å². The van der Waals surface area contributed by atoms with Crippen LogP contribution in [-0.4, -0.2) is 23.4 Å². The molecule has 0 bridgehead atoms. The van der Waals surface area contributed by atoms with Crippen LogP contribution in [0.15, 0.2) is 17.5 Å². The summed E-state index contributed by atoms with van der Waals surface area (Å²) in [4.78, 5) is 15.7. The molecule has 1 aliphatic carbocycles. The molecular weight excluding hydrogens is 232 g/mol. The van der Waals surface area contributed by atoms with Crippen LogP contribution in [0.5, 0.6) is 0 Å². The largest absolute Gasteiger partial charge is 0.334 e. The number of nitrogens with zero attached hydrogens (tertiary/aromatic N) is 1. The Kier molecular flexibility index (Phi) is 3.54. The average molecular weight is 252 g/mol. The fourth-order valence-electron chi connectivity index (χ4n) is 1.80. The first-order valence-corrected chi connectivity index (χ1v) is 6.96. The third-order valence-corrected chi connectivity index (χ3v) is 4.11. The second-order valence-electron chi connectivity index (χ2n) is 5.33. The van der Waals surface area contributed by atoms with E-state index in [1.807, 2.05) is 24.8 Å². The Hall–Kier alpha value is -0.870. The van der Waals surface area contributed by atoms with Gasteiger partial charge in [0, 0.05) is 17.5 Å². The van der Waals surface area contributed by atoms with Crippen molar-refractivity contribution in [2.45, 2.75) is 39.3 Å². The van der Waals surface area contributed by atoms with Crippen LogP contribution in [-0.2, 0) is 11.3 Å². The molecule has 4 heteroatoms. The van der Waals surface area contributed by atoms with E-state index in [-0.39, 0.29) is 5.91 Å². The highest BCUT2D eigenvalue weighted by molar-refractivity contribution is 7.09. The Morgan fingerprint density at radius 1 is 1.59 bits per heavy atom. The van der Waals surface area contributed by atoms with Crippen molar-refractivity contribution >= 4 is 17.2 Å². The summed E-state index contributed by atoms with van der Waals surface area (Å²) >= 11 is 1.71. The molecule has 0 unspecified atom stereocenters. The van der Waals surface area contributed by atoms with Crippen LogP contribution >= 0.6 is 11.3 Å². The summed E-state index contributed by atoms with van der Waals surface area (Å²) in [7, 11) is 0. The first-order chi connectivity index (χ1) is 8.04. The highest BCUT2D eigenvalue weighted by atomic mass is 32.1. The Bertz CT molecular complexity index is 382. The molecule has 0 spiro atoms. The van der Waals surface area contributed by atoms with Gasteiger partial charge in [-0.2, -0.15) is 0 Å². The maximum absolute atomic E-state index is 12.5. The molecule has 3 nitrogen and oxygen atoms in total. The molecule has 1 heterocycles. The molecule has 1 amide bonds. The standard InChI is InChI=1S/C13H20N2OS/c1-13(2,9-14)12(16)15(10-5-6-10)8-11-4-3-7-17-11/h3-4,7,10H,5-6,8-9,14H2,1-2H3. The molecule has 1 saturated carbocycles. The number of carbonyl (C=O) groups excluding carboxylic acids is 1. The van der Waals surface area contributed by atoms with Crippen molar-refractivity contribution in [3.05, 3.63) is 22.4 Å². The van der Waals surface area contributed by atoms with Gasteiger partial charge in [-0.3, -0.25) is 4.79 Å². The molecule has 0 saturated heterocycles. The van der Waals surface area contributed by atoms with Crippen molar-refractivity contribution in [2.24, 2.45) is 11.1 Å². The lowest BCUT2D eigenvalue weighted by Gasteiger charge is -2.31. The Morgan fingerprint density at radius 2 is 2.29 bits per heavy atom. The van der Waals surface area contributed by atoms with E-state index in [1.54, 1.807) is 11.3 Å². The second kappa shape index (κ2) is 4.78. The molecule has 2 N–H and O–H groups in total. The number of rotatable bonds is 5. The summed E-state index contributed by atoms with van der Waals surface area (Å²) in [6.07, 6.45) is 2.27. The third-order valence-electron chi connectivity index (χ3n) is 3.24. The summed E-state index contributed by atoms with van der Waals surface area (Å²) in [6, 6.07) is 4.56. The van der Waals surface area contributed by atoms with Gasteiger partial charge < -0.3 is 10.6 Å². The molecule has 0 radical (unpaired) electrons. The monoisotopic (exact) mass is 252 g/mol. The summed E-state index contributed by atoms with van der Waals surface area (Å²) in [6.45, 7) is 5.00. The van der Waals surface area contributed by atoms with Crippen LogP contribution in [0.25, 0.3) is 0 Å². The van der Waals surface area contributed by atoms with E-state index >= 15 is 0 Å². The quantitative estimate of drug-likeness (QED) is 0.873. The summed E-state index contributed by atoms with van der Waals surface area (Å²) in [5.41, 5.74) is 5.25. The van der Waals surface area contributed by atoms with Gasteiger partial charge in [0.2, 0.25) is 5.91 Å². The lowest BCUT2D eigenvalue weighted by Crippen LogP contribution is -2.45. The van der Waals surface area contributed by atoms with Crippen molar-refractivity contribution in [1.82, 2.24) is 4.90 Å². The fraction of sp³-hybridized carbons (Fsp3) is 0.615. The van der Waals surface area contributed by atoms with Crippen LogP contribution in [0.1, 0.15) is 31.6 Å². The number of thiophene rings is 1. The van der Waals surface area contributed by atoms with E-state index in [0.29, 0.717) is 12.6 Å². The number of nitrogens with two attached hydrogens (primary N) is 1. The summed E-state index contributed by atoms with van der Waals surface area (Å²) in [5.74, 6) is 0.191. The van der Waals surface area contributed by atoms with Gasteiger partial charge in [-0.05, 0) is 38.1 Å². The zero-order valence-electron chi connectivity index (χ0n) is 10.5. The molecule has 2 rings (SSSR count). The van der Waals surface area contributed by atoms with Crippen LogP contribution in [0.3, 0.4) is 0 Å². The Balaban J connectivity index is 2.10. The zero-order valence-corrected chi connectivity index (χ0v) is 11.3. The highest BCUT2D eigenvalue weighted by Gasteiger charge is 2.38. The second-order valence-corrected chi connectivity index (χ2v) is 6.36. The third kappa shape index (κ3) is 2.87. The molecule has 1 aromatic rings. The minimum atomic E-state index is -0.445. The minimum absolute atomic E-state index is 0.191. The first-order valence-electron chi connectivity index (χ1n) is 6.08. The molecule has 0 aromatic carbocycles. The van der Waals surface area contributed by atoms with Gasteiger partial charge in [0.15, 0.2) is 0 Å². The van der Waals surface area contributed by atoms with Crippen molar-refractivity contribution < 1.29 is 4.79 Å². The van der Waals surface area contributed by atoms with Crippen LogP contribution in [0.4, 0.5) is 0 Å². The smallest absolute Gasteiger partial charge is 0.230 e. The predicted molar refractivity (Wildman–Crippen MR) is 70.7 cm³/mol. The molecule has 0 atom stereocenters. The molecule has 1 fully saturated rings. The molecular formula is C13H20N2OS. The van der Waals surface area contributed by atoms with E-state index in [1.165, 1.54) is 4.88 Å². The summed E-state index contributed by atoms with van der Waals surface area (Å²) < 4.78 is 0. The van der Waals surface area contributed by atoms with Crippen LogP contribution < -0.4 is 5.73 Å². The fourth-order valence-corrected chi connectivity index (χ4v) is 2.50. The van der Waals surface area contributed by atoms with E-state index < -0.39 is 5.41 Å². The van der Waals surface area contributed by atoms with Gasteiger partial charge in [-0.1, -0.05) is 6.07 Å². The molecule has 17 heavy (non-hydrogen) atoms. The molecule has 0 aliphatic heterocycles. The van der Waals surface area contributed by atoms with Gasteiger partial charge in [-0.25, -0.2) is 0 Å². The molecule has 1 aromatic heterocycles. The maximum atomic E-state index is 12.5. The maximum Gasteiger partial charge on any atom is 0.230 e. The summed E-state index contributed by atoms with van der Waals surface area (Å²) in [5, 5.41) is 2.05. The molecule has 1 aliphatic rings. The van der Waals surface area contributed by atoms with Crippen molar-refractivity contribution in [3.8, 4) is 0 Å². The van der Waals surface area contributed by atoms with Gasteiger partial charge >= 0.3 is 0 Å². The molecule has 94 valence electrons. The van der Waals surface area contributed by atoms with E-state index in [2.05, 4.69) is 11.4 Å². The van der Waals surface area contributed by atoms with Crippen molar-refractivity contribution in [2.75, 3.05) is 6.54 Å². The van der Waals surface area contributed by atoms with Gasteiger partial charge in [0.05, 0.1) is 12.0 Å². The Labute approximate surface area is 107 Å². The normalized spacial score (nSPS) is 15.9. The lowest BCUT2D eigenvalue weighted by atomic mass is 9.91. The highest BCUT2D eigenvalue weighted by Crippen LogP contribution is 2.32. The number of hydrogen-bond acceptors (Lipinski definition) is 3. The zero-order chi connectivity index (χ0) is 12.5. The number of amides is 1. The number of carbonyl (C=O) groups is 1. The lowest BCUT2D eigenvalue weighted by molar-refractivity contribution is -0.141. The van der Waals surface area contributed by atoms with Gasteiger partial charge in [-0.15, -0.1) is 11.3 Å². The van der Waals surface area contributed by atoms with E-state index in [4.69, 9.17) is 5.73 Å². The van der Waals surface area contributed by atoms with Gasteiger partial charge in [0.25, 0.3) is 0 Å². The van der Waals surface area contributed by atoms with Gasteiger partial charge in [0.1, 0.15) is 0 Å². The first kappa shape index (κ1) is 12.6. The Morgan fingerprint density at radius 3 is 2.76 bits per heavy atom. The average Bonchev–Trinajstić information content (AvgIpc) is 3.03. The van der Waals surface area contributed by atoms with E-state index in [9.17, 15) is 4.79 Å². The van der Waals surface area contributed by atoms with Crippen LogP contribution in [0.2, 0.25) is 0 Å². The van der Waals surface area contributed by atoms with Crippen molar-refractivity contribution in [3.63, 3.8) is 0 Å². The number of hydrogen-bond donors (Lipinski definition) is 1. The van der Waals surface area contributed by atoms with E-state index in [0.717, 1.165) is 19.4 Å². The predicted octanol–water partition coefficient (Wildman–Crippen LogP) is 2.22. The minimum Gasteiger partial charge on any atom is -0.334 e. The van der Waals surface area contributed by atoms with Crippen LogP contribution in [0, 0.1) is 5.41 Å². The topological polar surface area (TPSA) is 46.3 Å². The SMILES string of the molecule is CC(C)(CN)C(=O)N(Cc1cccs1)C1CC1.